The van der Waals surface area contributed by atoms with Gasteiger partial charge in [-0.3, -0.25) is 0 Å². The number of hydrogen-bond donors (Lipinski definition) is 0. The molecule has 1 aliphatic heterocycles. The first-order chi connectivity index (χ1) is 10.7. The van der Waals surface area contributed by atoms with E-state index in [2.05, 4.69) is 0 Å². The molecule has 1 saturated heterocycles. The van der Waals surface area contributed by atoms with Crippen molar-refractivity contribution in [2.45, 2.75) is 37.5 Å². The van der Waals surface area contributed by atoms with E-state index in [1.54, 1.807) is 0 Å². The predicted molar refractivity (Wildman–Crippen MR) is 78.5 cm³/mol. The fraction of sp³-hybridized carbons (Fsp3) is 0.600. The third-order valence-electron chi connectivity index (χ3n) is 4.64. The molecule has 2 bridgehead atoms. The van der Waals surface area contributed by atoms with Crippen LogP contribution in [-0.4, -0.2) is 37.7 Å². The first-order valence-corrected chi connectivity index (χ1v) is 9.29. The largest absolute Gasteiger partial charge is 0.492 e. The van der Waals surface area contributed by atoms with Gasteiger partial charge in [0.2, 0.25) is 10.0 Å². The van der Waals surface area contributed by atoms with E-state index in [-0.39, 0.29) is 30.4 Å². The molecule has 128 valence electrons. The van der Waals surface area contributed by atoms with E-state index in [0.717, 1.165) is 31.4 Å². The van der Waals surface area contributed by atoms with Crippen molar-refractivity contribution in [1.29, 1.82) is 0 Å². The Labute approximate surface area is 133 Å². The lowest BCUT2D eigenvalue weighted by atomic mass is 10.0. The fourth-order valence-electron chi connectivity index (χ4n) is 3.72. The van der Waals surface area contributed by atoms with E-state index in [0.29, 0.717) is 0 Å². The van der Waals surface area contributed by atoms with Crippen LogP contribution in [0.4, 0.5) is 13.2 Å². The lowest BCUT2D eigenvalue weighted by Gasteiger charge is -2.33. The summed E-state index contributed by atoms with van der Waals surface area (Å²) in [5.41, 5.74) is -0.775. The Morgan fingerprint density at radius 3 is 2.70 bits per heavy atom. The van der Waals surface area contributed by atoms with Crippen LogP contribution in [0.5, 0.6) is 5.75 Å². The van der Waals surface area contributed by atoms with Gasteiger partial charge in [0.05, 0.1) is 17.9 Å². The fourth-order valence-corrected chi connectivity index (χ4v) is 5.18. The second kappa shape index (κ2) is 5.66. The van der Waals surface area contributed by atoms with Gasteiger partial charge in [0.15, 0.2) is 0 Å². The molecule has 0 unspecified atom stereocenters. The topological polar surface area (TPSA) is 46.6 Å². The molecular formula is C15H18F3NO3S. The number of rotatable bonds is 4. The molecule has 1 saturated carbocycles. The SMILES string of the molecule is CS(=O)(=O)N1[C@@H]2CC[C@@H](C2)[C@H]1COc1cccc(C(F)(F)F)c1. The Hall–Kier alpha value is -1.28. The molecule has 4 nitrogen and oxygen atoms in total. The highest BCUT2D eigenvalue weighted by molar-refractivity contribution is 7.88. The molecule has 3 atom stereocenters. The monoisotopic (exact) mass is 349 g/mol. The molecule has 1 aliphatic carbocycles. The van der Waals surface area contributed by atoms with Crippen LogP contribution in [0, 0.1) is 5.92 Å². The van der Waals surface area contributed by atoms with Gasteiger partial charge >= 0.3 is 6.18 Å². The molecule has 0 radical (unpaired) electrons. The van der Waals surface area contributed by atoms with E-state index in [1.807, 2.05) is 0 Å². The van der Waals surface area contributed by atoms with Gasteiger partial charge in [-0.25, -0.2) is 8.42 Å². The third kappa shape index (κ3) is 3.33. The van der Waals surface area contributed by atoms with Crippen LogP contribution in [-0.2, 0) is 16.2 Å². The van der Waals surface area contributed by atoms with Crippen molar-refractivity contribution < 1.29 is 26.3 Å². The van der Waals surface area contributed by atoms with Gasteiger partial charge in [-0.2, -0.15) is 17.5 Å². The van der Waals surface area contributed by atoms with Crippen LogP contribution in [0.15, 0.2) is 24.3 Å². The van der Waals surface area contributed by atoms with Crippen molar-refractivity contribution in [2.75, 3.05) is 12.9 Å². The summed E-state index contributed by atoms with van der Waals surface area (Å²) in [4.78, 5) is 0. The minimum Gasteiger partial charge on any atom is -0.492 e. The third-order valence-corrected chi connectivity index (χ3v) is 5.98. The van der Waals surface area contributed by atoms with Gasteiger partial charge in [0.25, 0.3) is 0 Å². The second-order valence-electron chi connectivity index (χ2n) is 6.22. The van der Waals surface area contributed by atoms with E-state index in [1.165, 1.54) is 22.7 Å². The van der Waals surface area contributed by atoms with E-state index in [9.17, 15) is 21.6 Å². The number of benzene rings is 1. The molecule has 0 aromatic heterocycles. The second-order valence-corrected chi connectivity index (χ2v) is 8.11. The van der Waals surface area contributed by atoms with Crippen molar-refractivity contribution in [2.24, 2.45) is 5.92 Å². The van der Waals surface area contributed by atoms with Gasteiger partial charge in [0, 0.05) is 6.04 Å². The van der Waals surface area contributed by atoms with E-state index in [4.69, 9.17) is 4.74 Å². The number of nitrogens with zero attached hydrogens (tertiary/aromatic N) is 1. The van der Waals surface area contributed by atoms with Crippen LogP contribution in [0.3, 0.4) is 0 Å². The number of halogens is 3. The van der Waals surface area contributed by atoms with Crippen molar-refractivity contribution >= 4 is 10.0 Å². The Bertz CT molecular complexity index is 689. The van der Waals surface area contributed by atoms with Crippen molar-refractivity contribution in [3.05, 3.63) is 29.8 Å². The molecule has 8 heteroatoms. The van der Waals surface area contributed by atoms with Crippen LogP contribution >= 0.6 is 0 Å². The Morgan fingerprint density at radius 2 is 2.04 bits per heavy atom. The number of piperidine rings is 1. The first kappa shape index (κ1) is 16.6. The average molecular weight is 349 g/mol. The summed E-state index contributed by atoms with van der Waals surface area (Å²) >= 11 is 0. The minimum atomic E-state index is -4.43. The number of alkyl halides is 3. The maximum Gasteiger partial charge on any atom is 0.416 e. The van der Waals surface area contributed by atoms with Gasteiger partial charge in [0.1, 0.15) is 12.4 Å². The summed E-state index contributed by atoms with van der Waals surface area (Å²) in [6, 6.07) is 4.37. The van der Waals surface area contributed by atoms with Gasteiger partial charge in [-0.15, -0.1) is 0 Å². The molecule has 0 amide bonds. The predicted octanol–water partition coefficient (Wildman–Crippen LogP) is 2.90. The van der Waals surface area contributed by atoms with Crippen molar-refractivity contribution in [3.63, 3.8) is 0 Å². The van der Waals surface area contributed by atoms with Crippen LogP contribution in [0.25, 0.3) is 0 Å². The number of fused-ring (bicyclic) bond motifs is 2. The van der Waals surface area contributed by atoms with Crippen molar-refractivity contribution in [1.82, 2.24) is 4.31 Å². The van der Waals surface area contributed by atoms with Crippen molar-refractivity contribution in [3.8, 4) is 5.75 Å². The first-order valence-electron chi connectivity index (χ1n) is 7.45. The zero-order chi connectivity index (χ0) is 16.8. The Kier molecular flexibility index (Phi) is 4.08. The van der Waals surface area contributed by atoms with Gasteiger partial charge < -0.3 is 4.74 Å². The summed E-state index contributed by atoms with van der Waals surface area (Å²) in [5, 5.41) is 0. The lowest BCUT2D eigenvalue weighted by molar-refractivity contribution is -0.137. The molecule has 1 aromatic rings. The molecule has 23 heavy (non-hydrogen) atoms. The molecule has 0 spiro atoms. The molecule has 0 N–H and O–H groups in total. The highest BCUT2D eigenvalue weighted by Crippen LogP contribution is 2.44. The summed E-state index contributed by atoms with van der Waals surface area (Å²) in [6.45, 7) is 0.0789. The Balaban J connectivity index is 1.73. The number of hydrogen-bond acceptors (Lipinski definition) is 3. The molecule has 2 aliphatic rings. The van der Waals surface area contributed by atoms with E-state index >= 15 is 0 Å². The maximum atomic E-state index is 12.7. The van der Waals surface area contributed by atoms with Crippen LogP contribution in [0.2, 0.25) is 0 Å². The molecular weight excluding hydrogens is 331 g/mol. The van der Waals surface area contributed by atoms with E-state index < -0.39 is 21.8 Å². The zero-order valence-corrected chi connectivity index (χ0v) is 13.4. The normalized spacial score (nSPS) is 28.3. The quantitative estimate of drug-likeness (QED) is 0.840. The molecule has 2 fully saturated rings. The summed E-state index contributed by atoms with van der Waals surface area (Å²) < 4.78 is 69.0. The smallest absolute Gasteiger partial charge is 0.416 e. The lowest BCUT2D eigenvalue weighted by Crippen LogP contribution is -2.47. The van der Waals surface area contributed by atoms with Crippen LogP contribution in [0.1, 0.15) is 24.8 Å². The summed E-state index contributed by atoms with van der Waals surface area (Å²) in [6.07, 6.45) is -0.662. The van der Waals surface area contributed by atoms with Crippen LogP contribution < -0.4 is 4.74 Å². The number of sulfonamides is 1. The minimum absolute atomic E-state index is 0.00473. The molecule has 1 aromatic carbocycles. The maximum absolute atomic E-state index is 12.7. The summed E-state index contributed by atoms with van der Waals surface area (Å²) in [5.74, 6) is 0.330. The standard InChI is InChI=1S/C15H18F3NO3S/c1-23(20,21)19-12-6-5-10(7-12)14(19)9-22-13-4-2-3-11(8-13)15(16,17)18/h2-4,8,10,12,14H,5-7,9H2,1H3/t10-,12+,14+/m0/s1. The Morgan fingerprint density at radius 1 is 1.30 bits per heavy atom. The molecule has 1 heterocycles. The van der Waals surface area contributed by atoms with Gasteiger partial charge in [-0.05, 0) is 43.4 Å². The number of ether oxygens (including phenoxy) is 1. The molecule has 3 rings (SSSR count). The highest BCUT2D eigenvalue weighted by Gasteiger charge is 2.50. The zero-order valence-electron chi connectivity index (χ0n) is 12.6. The summed E-state index contributed by atoms with van der Waals surface area (Å²) in [7, 11) is -3.35. The van der Waals surface area contributed by atoms with Gasteiger partial charge in [-0.1, -0.05) is 6.07 Å². The average Bonchev–Trinajstić information content (AvgIpc) is 3.04. The highest BCUT2D eigenvalue weighted by atomic mass is 32.2.